The molecule has 0 atom stereocenters. The quantitative estimate of drug-likeness (QED) is 0.917. The molecule has 0 unspecified atom stereocenters. The Morgan fingerprint density at radius 1 is 1.12 bits per heavy atom. The maximum atomic E-state index is 12.3. The molecule has 2 aromatic rings. The normalized spacial score (nSPS) is 13.8. The summed E-state index contributed by atoms with van der Waals surface area (Å²) < 4.78 is 0. The Labute approximate surface area is 143 Å². The highest BCUT2D eigenvalue weighted by Crippen LogP contribution is 2.22. The van der Waals surface area contributed by atoms with Crippen LogP contribution in [0.4, 0.5) is 16.2 Å². The molecule has 0 bridgehead atoms. The Bertz CT molecular complexity index is 651. The second kappa shape index (κ2) is 7.81. The van der Waals surface area contributed by atoms with Crippen molar-refractivity contribution in [3.8, 4) is 0 Å². The number of nitrogens with one attached hydrogen (secondary N) is 1. The number of carbonyl (C=O) groups excluding carboxylic acids is 1. The Morgan fingerprint density at radius 2 is 1.79 bits per heavy atom. The van der Waals surface area contributed by atoms with Gasteiger partial charge in [-0.1, -0.05) is 0 Å². The Balaban J connectivity index is 1.50. The predicted molar refractivity (Wildman–Crippen MR) is 97.5 cm³/mol. The Kier molecular flexibility index (Phi) is 5.31. The zero-order chi connectivity index (χ0) is 16.8. The lowest BCUT2D eigenvalue weighted by Gasteiger charge is -2.20. The molecule has 2 amide bonds. The first-order valence-electron chi connectivity index (χ1n) is 8.48. The summed E-state index contributed by atoms with van der Waals surface area (Å²) in [6.45, 7) is 2.93. The molecular weight excluding hydrogens is 300 g/mol. The summed E-state index contributed by atoms with van der Waals surface area (Å²) in [4.78, 5) is 20.4. The van der Waals surface area contributed by atoms with E-state index in [9.17, 15) is 4.79 Å². The van der Waals surface area contributed by atoms with E-state index in [0.717, 1.165) is 25.2 Å². The smallest absolute Gasteiger partial charge is 0.321 e. The van der Waals surface area contributed by atoms with Crippen LogP contribution in [0.15, 0.2) is 48.8 Å². The minimum Gasteiger partial charge on any atom is -0.372 e. The van der Waals surface area contributed by atoms with Gasteiger partial charge in [-0.05, 0) is 61.2 Å². The van der Waals surface area contributed by atoms with Crippen LogP contribution in [0.25, 0.3) is 0 Å². The van der Waals surface area contributed by atoms with Gasteiger partial charge >= 0.3 is 6.03 Å². The standard InChI is InChI=1S/C19H24N4O/c1-22(15-10-16-8-11-20-12-9-16)19(24)21-17-4-6-18(7-5-17)23-13-2-3-14-23/h4-9,11-12H,2-3,10,13-15H2,1H3,(H,21,24). The lowest BCUT2D eigenvalue weighted by Crippen LogP contribution is -2.33. The van der Waals surface area contributed by atoms with E-state index in [1.165, 1.54) is 24.1 Å². The van der Waals surface area contributed by atoms with Gasteiger partial charge in [0.1, 0.15) is 0 Å². The van der Waals surface area contributed by atoms with Crippen LogP contribution in [-0.4, -0.2) is 42.6 Å². The number of pyridine rings is 1. The van der Waals surface area contributed by atoms with Gasteiger partial charge in [-0.3, -0.25) is 4.98 Å². The summed E-state index contributed by atoms with van der Waals surface area (Å²) in [6.07, 6.45) is 6.90. The highest BCUT2D eigenvalue weighted by molar-refractivity contribution is 5.89. The van der Waals surface area contributed by atoms with Crippen LogP contribution >= 0.6 is 0 Å². The first kappa shape index (κ1) is 16.3. The molecule has 1 aromatic carbocycles. The highest BCUT2D eigenvalue weighted by atomic mass is 16.2. The predicted octanol–water partition coefficient (Wildman–Crippen LogP) is 3.39. The van der Waals surface area contributed by atoms with E-state index in [1.54, 1.807) is 17.3 Å². The van der Waals surface area contributed by atoms with E-state index in [1.807, 2.05) is 31.3 Å². The van der Waals surface area contributed by atoms with Crippen LogP contribution in [0.5, 0.6) is 0 Å². The fourth-order valence-corrected chi connectivity index (χ4v) is 2.90. The van der Waals surface area contributed by atoms with Crippen molar-refractivity contribution in [2.45, 2.75) is 19.3 Å². The fraction of sp³-hybridized carbons (Fsp3) is 0.368. The number of likely N-dealkylation sites (N-methyl/N-ethyl adjacent to an activating group) is 1. The third-order valence-corrected chi connectivity index (χ3v) is 4.42. The molecule has 1 aromatic heterocycles. The first-order valence-corrected chi connectivity index (χ1v) is 8.48. The number of urea groups is 1. The topological polar surface area (TPSA) is 48.5 Å². The van der Waals surface area contributed by atoms with Crippen LogP contribution in [-0.2, 0) is 6.42 Å². The number of hydrogen-bond donors (Lipinski definition) is 1. The van der Waals surface area contributed by atoms with Crippen molar-refractivity contribution in [1.82, 2.24) is 9.88 Å². The van der Waals surface area contributed by atoms with Gasteiger partial charge in [-0.2, -0.15) is 0 Å². The van der Waals surface area contributed by atoms with E-state index in [4.69, 9.17) is 0 Å². The number of carbonyl (C=O) groups is 1. The molecule has 0 spiro atoms. The zero-order valence-corrected chi connectivity index (χ0v) is 14.1. The van der Waals surface area contributed by atoms with E-state index in [0.29, 0.717) is 6.54 Å². The lowest BCUT2D eigenvalue weighted by atomic mass is 10.2. The largest absolute Gasteiger partial charge is 0.372 e. The molecule has 1 fully saturated rings. The molecule has 1 saturated heterocycles. The summed E-state index contributed by atoms with van der Waals surface area (Å²) in [5.41, 5.74) is 3.25. The second-order valence-corrected chi connectivity index (χ2v) is 6.20. The summed E-state index contributed by atoms with van der Waals surface area (Å²) >= 11 is 0. The Hall–Kier alpha value is -2.56. The van der Waals surface area contributed by atoms with E-state index < -0.39 is 0 Å². The maximum absolute atomic E-state index is 12.3. The number of nitrogens with zero attached hydrogens (tertiary/aromatic N) is 3. The van der Waals surface area contributed by atoms with Crippen LogP contribution in [0.2, 0.25) is 0 Å². The van der Waals surface area contributed by atoms with E-state index in [-0.39, 0.29) is 6.03 Å². The van der Waals surface area contributed by atoms with Gasteiger partial charge in [0.15, 0.2) is 0 Å². The zero-order valence-electron chi connectivity index (χ0n) is 14.1. The SMILES string of the molecule is CN(CCc1ccncc1)C(=O)Nc1ccc(N2CCCC2)cc1. The van der Waals surface area contributed by atoms with Gasteiger partial charge < -0.3 is 15.1 Å². The van der Waals surface area contributed by atoms with E-state index >= 15 is 0 Å². The number of benzene rings is 1. The molecule has 5 nitrogen and oxygen atoms in total. The van der Waals surface area contributed by atoms with Gasteiger partial charge in [0.05, 0.1) is 0 Å². The molecule has 126 valence electrons. The van der Waals surface area contributed by atoms with Gasteiger partial charge in [0.25, 0.3) is 0 Å². The van der Waals surface area contributed by atoms with Crippen LogP contribution in [0.1, 0.15) is 18.4 Å². The van der Waals surface area contributed by atoms with Gasteiger partial charge in [0.2, 0.25) is 0 Å². The molecule has 0 aliphatic carbocycles. The number of aromatic nitrogens is 1. The molecule has 24 heavy (non-hydrogen) atoms. The van der Waals surface area contributed by atoms with Crippen LogP contribution < -0.4 is 10.2 Å². The van der Waals surface area contributed by atoms with Crippen molar-refractivity contribution in [3.63, 3.8) is 0 Å². The van der Waals surface area contributed by atoms with Crippen molar-refractivity contribution < 1.29 is 4.79 Å². The summed E-state index contributed by atoms with van der Waals surface area (Å²) in [5, 5.41) is 2.95. The van der Waals surface area contributed by atoms with E-state index in [2.05, 4.69) is 27.3 Å². The van der Waals surface area contributed by atoms with Crippen molar-refractivity contribution >= 4 is 17.4 Å². The molecule has 1 aliphatic rings. The molecular formula is C19H24N4O. The number of anilines is 2. The molecule has 2 heterocycles. The second-order valence-electron chi connectivity index (χ2n) is 6.20. The molecule has 0 radical (unpaired) electrons. The van der Waals surface area contributed by atoms with Crippen molar-refractivity contribution in [1.29, 1.82) is 0 Å². The third kappa shape index (κ3) is 4.25. The van der Waals surface area contributed by atoms with Crippen molar-refractivity contribution in [2.75, 3.05) is 36.9 Å². The summed E-state index contributed by atoms with van der Waals surface area (Å²) in [7, 11) is 1.81. The summed E-state index contributed by atoms with van der Waals surface area (Å²) in [6, 6.07) is 12.0. The Morgan fingerprint density at radius 3 is 2.46 bits per heavy atom. The lowest BCUT2D eigenvalue weighted by molar-refractivity contribution is 0.223. The maximum Gasteiger partial charge on any atom is 0.321 e. The fourth-order valence-electron chi connectivity index (χ4n) is 2.90. The van der Waals surface area contributed by atoms with Gasteiger partial charge in [-0.15, -0.1) is 0 Å². The monoisotopic (exact) mass is 324 g/mol. The highest BCUT2D eigenvalue weighted by Gasteiger charge is 2.13. The molecule has 1 aliphatic heterocycles. The summed E-state index contributed by atoms with van der Waals surface area (Å²) in [5.74, 6) is 0. The minimum absolute atomic E-state index is 0.0852. The molecule has 1 N–H and O–H groups in total. The van der Waals surface area contributed by atoms with Crippen molar-refractivity contribution in [2.24, 2.45) is 0 Å². The average Bonchev–Trinajstić information content (AvgIpc) is 3.16. The number of amides is 2. The molecule has 0 saturated carbocycles. The number of rotatable bonds is 5. The first-order chi connectivity index (χ1) is 11.7. The molecule has 5 heteroatoms. The molecule has 3 rings (SSSR count). The van der Waals surface area contributed by atoms with Crippen LogP contribution in [0, 0.1) is 0 Å². The third-order valence-electron chi connectivity index (χ3n) is 4.42. The number of hydrogen-bond acceptors (Lipinski definition) is 3. The average molecular weight is 324 g/mol. The van der Waals surface area contributed by atoms with Gasteiger partial charge in [-0.25, -0.2) is 4.79 Å². The van der Waals surface area contributed by atoms with Gasteiger partial charge in [0, 0.05) is 50.5 Å². The minimum atomic E-state index is -0.0852. The van der Waals surface area contributed by atoms with Crippen molar-refractivity contribution in [3.05, 3.63) is 54.4 Å². The van der Waals surface area contributed by atoms with Crippen LogP contribution in [0.3, 0.4) is 0 Å².